The number of hydrogen-bond donors (Lipinski definition) is 1. The van der Waals surface area contributed by atoms with E-state index in [1.165, 1.54) is 15.6 Å². The van der Waals surface area contributed by atoms with Crippen LogP contribution >= 0.6 is 27.5 Å². The second-order valence-corrected chi connectivity index (χ2v) is 8.21. The van der Waals surface area contributed by atoms with E-state index in [0.717, 1.165) is 0 Å². The number of anilines is 1. The molecule has 2 aromatic heterocycles. The van der Waals surface area contributed by atoms with Crippen LogP contribution < -0.4 is 10.1 Å². The van der Waals surface area contributed by atoms with Gasteiger partial charge in [-0.1, -0.05) is 29.8 Å². The largest absolute Gasteiger partial charge is 0.470 e. The lowest BCUT2D eigenvalue weighted by molar-refractivity contribution is 0.0527. The lowest BCUT2D eigenvalue weighted by Crippen LogP contribution is -2.19. The van der Waals surface area contributed by atoms with Crippen LogP contribution in [-0.4, -0.2) is 38.0 Å². The average Bonchev–Trinajstić information content (AvgIpc) is 3.47. The Labute approximate surface area is 208 Å². The Bertz CT molecular complexity index is 1320. The predicted molar refractivity (Wildman–Crippen MR) is 129 cm³/mol. The quantitative estimate of drug-likeness (QED) is 0.315. The van der Waals surface area contributed by atoms with Crippen LogP contribution in [0.25, 0.3) is 5.69 Å². The number of carbonyl (C=O) groups is 2. The van der Waals surface area contributed by atoms with Crippen molar-refractivity contribution >= 4 is 45.2 Å². The predicted octanol–water partition coefficient (Wildman–Crippen LogP) is 4.95. The lowest BCUT2D eigenvalue weighted by atomic mass is 10.3. The van der Waals surface area contributed by atoms with Crippen molar-refractivity contribution in [1.82, 2.24) is 19.6 Å². The number of nitrogens with zero attached hydrogens (tertiary/aromatic N) is 4. The molecule has 2 heterocycles. The molecular weight excluding hydrogens is 526 g/mol. The molecule has 1 amide bonds. The van der Waals surface area contributed by atoms with Crippen molar-refractivity contribution in [2.45, 2.75) is 13.7 Å². The number of aromatic nitrogens is 4. The average molecular weight is 545 g/mol. The van der Waals surface area contributed by atoms with Crippen LogP contribution in [0.2, 0.25) is 5.02 Å². The number of nitrogens with one attached hydrogen (secondary N) is 1. The SMILES string of the molecule is CCOC(=O)c1cnn(-c2ccccc2)c1NC(=O)c1ccn(COc2ccc(Cl)cc2Br)n1. The van der Waals surface area contributed by atoms with E-state index in [4.69, 9.17) is 21.1 Å². The third-order valence-corrected chi connectivity index (χ3v) is 5.47. The van der Waals surface area contributed by atoms with Gasteiger partial charge < -0.3 is 14.8 Å². The Morgan fingerprint density at radius 3 is 2.68 bits per heavy atom. The van der Waals surface area contributed by atoms with Crippen LogP contribution in [-0.2, 0) is 11.5 Å². The minimum absolute atomic E-state index is 0.0730. The first-order valence-electron chi connectivity index (χ1n) is 10.2. The van der Waals surface area contributed by atoms with E-state index in [9.17, 15) is 9.59 Å². The van der Waals surface area contributed by atoms with Crippen LogP contribution in [0.15, 0.2) is 71.5 Å². The van der Waals surface area contributed by atoms with Gasteiger partial charge in [0.25, 0.3) is 5.91 Å². The molecule has 0 spiro atoms. The molecule has 9 nitrogen and oxygen atoms in total. The number of carbonyl (C=O) groups excluding carboxylic acids is 2. The van der Waals surface area contributed by atoms with E-state index in [1.807, 2.05) is 18.2 Å². The molecule has 0 radical (unpaired) electrons. The van der Waals surface area contributed by atoms with Gasteiger partial charge in [-0.25, -0.2) is 14.2 Å². The van der Waals surface area contributed by atoms with E-state index in [2.05, 4.69) is 31.4 Å². The summed E-state index contributed by atoms with van der Waals surface area (Å²) < 4.78 is 14.5. The number of halogens is 2. The van der Waals surface area contributed by atoms with Crippen LogP contribution in [0.4, 0.5) is 5.82 Å². The molecule has 0 bridgehead atoms. The fourth-order valence-corrected chi connectivity index (χ4v) is 3.84. The Balaban J connectivity index is 1.53. The van der Waals surface area contributed by atoms with Gasteiger partial charge in [0.15, 0.2) is 18.2 Å². The van der Waals surface area contributed by atoms with Crippen LogP contribution in [0.1, 0.15) is 27.8 Å². The highest BCUT2D eigenvalue weighted by Gasteiger charge is 2.23. The van der Waals surface area contributed by atoms with Gasteiger partial charge in [0.05, 0.1) is 23.0 Å². The first-order chi connectivity index (χ1) is 16.5. The number of ether oxygens (including phenoxy) is 2. The zero-order valence-electron chi connectivity index (χ0n) is 17.9. The normalized spacial score (nSPS) is 10.7. The van der Waals surface area contributed by atoms with E-state index in [-0.39, 0.29) is 30.4 Å². The van der Waals surface area contributed by atoms with E-state index < -0.39 is 11.9 Å². The fourth-order valence-electron chi connectivity index (χ4n) is 3.05. The van der Waals surface area contributed by atoms with Crippen molar-refractivity contribution in [2.75, 3.05) is 11.9 Å². The summed E-state index contributed by atoms with van der Waals surface area (Å²) in [5, 5.41) is 11.8. The molecule has 0 saturated heterocycles. The van der Waals surface area contributed by atoms with Gasteiger partial charge in [-0.2, -0.15) is 10.2 Å². The highest BCUT2D eigenvalue weighted by Crippen LogP contribution is 2.28. The van der Waals surface area contributed by atoms with Gasteiger partial charge in [0.1, 0.15) is 11.3 Å². The molecule has 1 N–H and O–H groups in total. The zero-order chi connectivity index (χ0) is 24.1. The summed E-state index contributed by atoms with van der Waals surface area (Å²) in [6.07, 6.45) is 2.97. The van der Waals surface area contributed by atoms with Gasteiger partial charge in [-0.15, -0.1) is 0 Å². The number of amides is 1. The van der Waals surface area contributed by atoms with Crippen molar-refractivity contribution in [3.05, 3.63) is 87.7 Å². The molecule has 4 rings (SSSR count). The number of benzene rings is 2. The van der Waals surface area contributed by atoms with Crippen molar-refractivity contribution in [3.8, 4) is 11.4 Å². The Hall–Kier alpha value is -3.63. The second-order valence-electron chi connectivity index (χ2n) is 6.92. The second kappa shape index (κ2) is 10.5. The van der Waals surface area contributed by atoms with Gasteiger partial charge in [0, 0.05) is 11.2 Å². The highest BCUT2D eigenvalue weighted by atomic mass is 79.9. The molecule has 0 atom stereocenters. The third kappa shape index (κ3) is 5.29. The highest BCUT2D eigenvalue weighted by molar-refractivity contribution is 9.10. The van der Waals surface area contributed by atoms with Gasteiger partial charge in [0.2, 0.25) is 0 Å². The molecule has 0 saturated carbocycles. The summed E-state index contributed by atoms with van der Waals surface area (Å²) in [6, 6.07) is 15.8. The number of esters is 1. The number of rotatable bonds is 8. The molecule has 11 heteroatoms. The smallest absolute Gasteiger partial charge is 0.343 e. The summed E-state index contributed by atoms with van der Waals surface area (Å²) >= 11 is 9.33. The van der Waals surface area contributed by atoms with E-state index in [1.54, 1.807) is 49.5 Å². The molecule has 0 aliphatic carbocycles. The first-order valence-corrected chi connectivity index (χ1v) is 11.4. The summed E-state index contributed by atoms with van der Waals surface area (Å²) in [4.78, 5) is 25.4. The van der Waals surface area contributed by atoms with Crippen LogP contribution in [0, 0.1) is 0 Å². The molecule has 174 valence electrons. The van der Waals surface area contributed by atoms with Gasteiger partial charge >= 0.3 is 5.97 Å². The maximum absolute atomic E-state index is 13.0. The maximum Gasteiger partial charge on any atom is 0.343 e. The van der Waals surface area contributed by atoms with E-state index in [0.29, 0.717) is 20.9 Å². The van der Waals surface area contributed by atoms with Crippen molar-refractivity contribution in [3.63, 3.8) is 0 Å². The molecule has 0 unspecified atom stereocenters. The fraction of sp³-hybridized carbons (Fsp3) is 0.130. The van der Waals surface area contributed by atoms with Gasteiger partial charge in [-0.3, -0.25) is 4.79 Å². The maximum atomic E-state index is 13.0. The summed E-state index contributed by atoms with van der Waals surface area (Å²) in [5.74, 6) is -0.343. The molecule has 0 fully saturated rings. The van der Waals surface area contributed by atoms with Crippen molar-refractivity contribution in [1.29, 1.82) is 0 Å². The molecule has 0 aliphatic rings. The van der Waals surface area contributed by atoms with Crippen molar-refractivity contribution < 1.29 is 19.1 Å². The lowest BCUT2D eigenvalue weighted by Gasteiger charge is -2.10. The van der Waals surface area contributed by atoms with Crippen LogP contribution in [0.3, 0.4) is 0 Å². The topological polar surface area (TPSA) is 100 Å². The number of hydrogen-bond acceptors (Lipinski definition) is 6. The molecule has 2 aromatic carbocycles. The Kier molecular flexibility index (Phi) is 7.29. The van der Waals surface area contributed by atoms with Crippen LogP contribution in [0.5, 0.6) is 5.75 Å². The number of para-hydroxylation sites is 1. The first kappa shape index (κ1) is 23.5. The minimum Gasteiger partial charge on any atom is -0.470 e. The third-order valence-electron chi connectivity index (χ3n) is 4.62. The minimum atomic E-state index is -0.590. The standard InChI is InChI=1S/C23H19BrClN5O4/c1-2-33-23(32)17-13-26-30(16-6-4-3-5-7-16)21(17)27-22(31)19-10-11-29(28-19)14-34-20-9-8-15(25)12-18(20)24/h3-13H,2,14H2,1H3,(H,27,31). The summed E-state index contributed by atoms with van der Waals surface area (Å²) in [6.45, 7) is 1.97. The Morgan fingerprint density at radius 2 is 1.94 bits per heavy atom. The summed E-state index contributed by atoms with van der Waals surface area (Å²) in [7, 11) is 0. The van der Waals surface area contributed by atoms with Gasteiger partial charge in [-0.05, 0) is 59.3 Å². The molecule has 4 aromatic rings. The molecule has 0 aliphatic heterocycles. The molecule has 34 heavy (non-hydrogen) atoms. The van der Waals surface area contributed by atoms with Crippen molar-refractivity contribution in [2.24, 2.45) is 0 Å². The Morgan fingerprint density at radius 1 is 1.15 bits per heavy atom. The summed E-state index contributed by atoms with van der Waals surface area (Å²) in [5.41, 5.74) is 0.935. The zero-order valence-corrected chi connectivity index (χ0v) is 20.3. The van der Waals surface area contributed by atoms with E-state index >= 15 is 0 Å². The molecular formula is C23H19BrClN5O4. The monoisotopic (exact) mass is 543 g/mol.